The van der Waals surface area contributed by atoms with Crippen molar-refractivity contribution in [2.45, 2.75) is 91.0 Å². The molecule has 0 bridgehead atoms. The maximum Gasteiger partial charge on any atom is 0.348 e. The molecule has 1 rings (SSSR count). The van der Waals surface area contributed by atoms with E-state index in [0.717, 1.165) is 0 Å². The van der Waals surface area contributed by atoms with Crippen molar-refractivity contribution < 1.29 is 47.8 Å². The first kappa shape index (κ1) is 26.1. The van der Waals surface area contributed by atoms with Crippen molar-refractivity contribution in [1.29, 1.82) is 0 Å². The Bertz CT molecular complexity index is 728. The van der Waals surface area contributed by atoms with Crippen LogP contribution in [0.2, 0.25) is 0 Å². The van der Waals surface area contributed by atoms with Gasteiger partial charge in [-0.05, 0) is 41.5 Å². The monoisotopic (exact) mass is 443 g/mol. The van der Waals surface area contributed by atoms with Crippen molar-refractivity contribution in [2.24, 2.45) is 0 Å². The zero-order chi connectivity index (χ0) is 24.0. The van der Waals surface area contributed by atoms with Crippen LogP contribution in [0.3, 0.4) is 0 Å². The molecule has 174 valence electrons. The Kier molecular flexibility index (Phi) is 8.71. The van der Waals surface area contributed by atoms with E-state index in [0.29, 0.717) is 5.06 Å². The average Bonchev–Trinajstić information content (AvgIpc) is 2.88. The third-order valence-electron chi connectivity index (χ3n) is 3.45. The summed E-state index contributed by atoms with van der Waals surface area (Å²) in [6, 6.07) is 0. The van der Waals surface area contributed by atoms with Crippen molar-refractivity contribution in [3.63, 3.8) is 0 Å². The van der Waals surface area contributed by atoms with Crippen LogP contribution in [-0.4, -0.2) is 58.1 Å². The molecule has 0 radical (unpaired) electrons. The highest BCUT2D eigenvalue weighted by Crippen LogP contribution is 2.16. The van der Waals surface area contributed by atoms with E-state index in [1.54, 1.807) is 41.5 Å². The highest BCUT2D eigenvalue weighted by molar-refractivity contribution is 6.01. The lowest BCUT2D eigenvalue weighted by atomic mass is 10.1. The van der Waals surface area contributed by atoms with Gasteiger partial charge in [-0.25, -0.2) is 9.59 Å². The van der Waals surface area contributed by atoms with E-state index in [-0.39, 0.29) is 12.8 Å². The van der Waals surface area contributed by atoms with Crippen LogP contribution in [0.1, 0.15) is 73.6 Å². The largest absolute Gasteiger partial charge is 0.460 e. The molecule has 0 unspecified atom stereocenters. The van der Waals surface area contributed by atoms with Crippen LogP contribution in [0.5, 0.6) is 0 Å². The molecule has 2 amide bonds. The zero-order valence-electron chi connectivity index (χ0n) is 18.6. The highest BCUT2D eigenvalue weighted by Gasteiger charge is 2.34. The fraction of sp³-hybridized carbons (Fsp3) is 0.700. The van der Waals surface area contributed by atoms with E-state index >= 15 is 0 Å². The third-order valence-corrected chi connectivity index (χ3v) is 3.45. The molecule has 0 aromatic heterocycles. The Labute approximate surface area is 180 Å². The molecule has 0 spiro atoms. The lowest BCUT2D eigenvalue weighted by Gasteiger charge is -2.25. The highest BCUT2D eigenvalue weighted by atomic mass is 16.7. The summed E-state index contributed by atoms with van der Waals surface area (Å²) in [6.07, 6.45) is -3.28. The number of esters is 3. The summed E-state index contributed by atoms with van der Waals surface area (Å²) in [5.74, 6) is -4.99. The van der Waals surface area contributed by atoms with E-state index in [1.165, 1.54) is 0 Å². The normalized spacial score (nSPS) is 15.4. The summed E-state index contributed by atoms with van der Waals surface area (Å²) in [7, 11) is 0. The molecule has 1 aliphatic rings. The third kappa shape index (κ3) is 10.1. The molecule has 1 fully saturated rings. The van der Waals surface area contributed by atoms with Gasteiger partial charge in [0, 0.05) is 12.8 Å². The lowest BCUT2D eigenvalue weighted by molar-refractivity contribution is -0.198. The second-order valence-corrected chi connectivity index (χ2v) is 8.85. The topological polar surface area (TPSA) is 143 Å². The Hall–Kier alpha value is -2.98. The summed E-state index contributed by atoms with van der Waals surface area (Å²) < 4.78 is 15.4. The minimum Gasteiger partial charge on any atom is -0.460 e. The van der Waals surface area contributed by atoms with Gasteiger partial charge >= 0.3 is 23.9 Å². The van der Waals surface area contributed by atoms with Crippen LogP contribution < -0.4 is 0 Å². The Morgan fingerprint density at radius 2 is 1.29 bits per heavy atom. The van der Waals surface area contributed by atoms with Gasteiger partial charge in [0.15, 0.2) is 0 Å². The van der Waals surface area contributed by atoms with E-state index in [2.05, 4.69) is 4.84 Å². The number of hydrogen-bond acceptors (Lipinski definition) is 10. The Morgan fingerprint density at radius 1 is 0.806 bits per heavy atom. The molecule has 11 nitrogen and oxygen atoms in total. The van der Waals surface area contributed by atoms with Crippen molar-refractivity contribution in [3.05, 3.63) is 0 Å². The van der Waals surface area contributed by atoms with Crippen LogP contribution >= 0.6 is 0 Å². The molecular formula is C20H29NO10. The quantitative estimate of drug-likeness (QED) is 0.306. The number of hydrogen-bond donors (Lipinski definition) is 0. The molecule has 1 saturated heterocycles. The fourth-order valence-electron chi connectivity index (χ4n) is 2.30. The van der Waals surface area contributed by atoms with E-state index in [4.69, 9.17) is 14.2 Å². The van der Waals surface area contributed by atoms with Crippen LogP contribution in [0, 0.1) is 0 Å². The molecule has 0 aromatic carbocycles. The number of nitrogens with zero attached hydrogens (tertiary/aromatic N) is 1. The van der Waals surface area contributed by atoms with Crippen molar-refractivity contribution in [2.75, 3.05) is 0 Å². The van der Waals surface area contributed by atoms with Gasteiger partial charge in [0.2, 0.25) is 6.10 Å². The number of rotatable bonds is 8. The van der Waals surface area contributed by atoms with Gasteiger partial charge < -0.3 is 19.0 Å². The second-order valence-electron chi connectivity index (χ2n) is 8.85. The van der Waals surface area contributed by atoms with E-state index < -0.39 is 72.3 Å². The van der Waals surface area contributed by atoms with E-state index in [1.807, 2.05) is 0 Å². The maximum absolute atomic E-state index is 12.4. The molecule has 0 aliphatic carbocycles. The first-order valence-electron chi connectivity index (χ1n) is 9.78. The van der Waals surface area contributed by atoms with Gasteiger partial charge in [0.1, 0.15) is 11.2 Å². The van der Waals surface area contributed by atoms with E-state index in [9.17, 15) is 28.8 Å². The molecule has 1 heterocycles. The van der Waals surface area contributed by atoms with Crippen LogP contribution in [0.4, 0.5) is 0 Å². The summed E-state index contributed by atoms with van der Waals surface area (Å²) in [6.45, 7) is 9.74. The SMILES string of the molecule is CC(C)(C)OC(=O)C[C@H](OC(=O)CCC(=O)ON1C(=O)CCC1=O)C(=O)OC(C)(C)C. The van der Waals surface area contributed by atoms with Gasteiger partial charge in [-0.1, -0.05) is 0 Å². The molecule has 0 N–H and O–H groups in total. The Balaban J connectivity index is 2.67. The van der Waals surface area contributed by atoms with Crippen molar-refractivity contribution in [3.8, 4) is 0 Å². The van der Waals surface area contributed by atoms with Gasteiger partial charge in [0.05, 0.1) is 19.3 Å². The number of ether oxygens (including phenoxy) is 3. The number of carbonyl (C=O) groups excluding carboxylic acids is 6. The lowest BCUT2D eigenvalue weighted by Crippen LogP contribution is -2.38. The van der Waals surface area contributed by atoms with Crippen LogP contribution in [0.15, 0.2) is 0 Å². The first-order chi connectivity index (χ1) is 14.1. The summed E-state index contributed by atoms with van der Waals surface area (Å²) in [5.41, 5.74) is -1.71. The molecule has 0 saturated carbocycles. The van der Waals surface area contributed by atoms with Crippen LogP contribution in [-0.2, 0) is 47.8 Å². The average molecular weight is 443 g/mol. The molecule has 11 heteroatoms. The minimum absolute atomic E-state index is 0.0591. The number of hydroxylamine groups is 2. The van der Waals surface area contributed by atoms with Gasteiger partial charge in [-0.3, -0.25) is 19.2 Å². The van der Waals surface area contributed by atoms with Crippen LogP contribution in [0.25, 0.3) is 0 Å². The standard InChI is InChI=1S/C20H29NO10/c1-19(2,3)29-17(26)11-12(18(27)30-20(4,5)6)28-15(24)9-10-16(25)31-21-13(22)7-8-14(21)23/h12H,7-11H2,1-6H3/t12-/m0/s1. The summed E-state index contributed by atoms with van der Waals surface area (Å²) in [4.78, 5) is 75.9. The maximum atomic E-state index is 12.4. The molecular weight excluding hydrogens is 414 g/mol. The first-order valence-corrected chi connectivity index (χ1v) is 9.78. The second kappa shape index (κ2) is 10.4. The molecule has 1 aliphatic heterocycles. The fourth-order valence-corrected chi connectivity index (χ4v) is 2.30. The molecule has 1 atom stereocenters. The Morgan fingerprint density at radius 3 is 1.77 bits per heavy atom. The van der Waals surface area contributed by atoms with Gasteiger partial charge in [0.25, 0.3) is 11.8 Å². The minimum atomic E-state index is -1.57. The number of carbonyl (C=O) groups is 6. The summed E-state index contributed by atoms with van der Waals surface area (Å²) >= 11 is 0. The number of imide groups is 1. The number of amides is 2. The van der Waals surface area contributed by atoms with Crippen molar-refractivity contribution in [1.82, 2.24) is 5.06 Å². The van der Waals surface area contributed by atoms with Gasteiger partial charge in [-0.2, -0.15) is 0 Å². The summed E-state index contributed by atoms with van der Waals surface area (Å²) in [5, 5.41) is 0.361. The van der Waals surface area contributed by atoms with Crippen molar-refractivity contribution >= 4 is 35.7 Å². The zero-order valence-corrected chi connectivity index (χ0v) is 18.6. The molecule has 0 aromatic rings. The predicted molar refractivity (Wildman–Crippen MR) is 103 cm³/mol. The van der Waals surface area contributed by atoms with Gasteiger partial charge in [-0.15, -0.1) is 5.06 Å². The molecule has 31 heavy (non-hydrogen) atoms. The predicted octanol–water partition coefficient (Wildman–Crippen LogP) is 1.36. The smallest absolute Gasteiger partial charge is 0.348 e.